The number of hydrogen-bond donors (Lipinski definition) is 1. The molecule has 3 rings (SSSR count). The molecule has 1 fully saturated rings. The van der Waals surface area contributed by atoms with Crippen molar-refractivity contribution in [2.75, 3.05) is 31.0 Å². The maximum atomic E-state index is 13.3. The van der Waals surface area contributed by atoms with Gasteiger partial charge in [-0.05, 0) is 36.4 Å². The molecule has 1 aliphatic heterocycles. The highest BCUT2D eigenvalue weighted by Crippen LogP contribution is 2.33. The van der Waals surface area contributed by atoms with Crippen molar-refractivity contribution < 1.29 is 41.8 Å². The first kappa shape index (κ1) is 23.7. The minimum atomic E-state index is -4.44. The minimum Gasteiger partial charge on any atom is -0.495 e. The van der Waals surface area contributed by atoms with Crippen LogP contribution in [0.2, 0.25) is 0 Å². The van der Waals surface area contributed by atoms with Gasteiger partial charge in [0.05, 0.1) is 43.8 Å². The van der Waals surface area contributed by atoms with Crippen molar-refractivity contribution in [1.29, 1.82) is 0 Å². The molecular formula is C21H20N2O9S. The van der Waals surface area contributed by atoms with Gasteiger partial charge in [-0.3, -0.25) is 19.2 Å². The van der Waals surface area contributed by atoms with Gasteiger partial charge in [0.1, 0.15) is 10.6 Å². The van der Waals surface area contributed by atoms with Gasteiger partial charge in [0.25, 0.3) is 10.0 Å². The Bertz CT molecular complexity index is 1240. The van der Waals surface area contributed by atoms with Gasteiger partial charge in [-0.2, -0.15) is 0 Å². The van der Waals surface area contributed by atoms with Gasteiger partial charge in [0, 0.05) is 12.8 Å². The van der Waals surface area contributed by atoms with E-state index in [2.05, 4.69) is 14.2 Å². The van der Waals surface area contributed by atoms with Crippen LogP contribution in [0.3, 0.4) is 0 Å². The molecule has 2 aromatic carbocycles. The van der Waals surface area contributed by atoms with E-state index in [-0.39, 0.29) is 41.1 Å². The van der Waals surface area contributed by atoms with Crippen LogP contribution < -0.4 is 14.4 Å². The molecule has 0 unspecified atom stereocenters. The SMILES string of the molecule is COC(=O)c1ccc(C(=O)OC)c(NS(=O)(=O)c2cc(N3C(=O)CCC3=O)ccc2OC)c1. The molecule has 0 spiro atoms. The molecule has 1 heterocycles. The van der Waals surface area contributed by atoms with Crippen LogP contribution >= 0.6 is 0 Å². The van der Waals surface area contributed by atoms with E-state index >= 15 is 0 Å². The number of carbonyl (C=O) groups is 4. The molecule has 2 aromatic rings. The van der Waals surface area contributed by atoms with E-state index in [0.29, 0.717) is 0 Å². The standard InChI is InChI=1S/C21H20N2O9S/c1-30-16-7-5-13(23-18(24)8-9-19(23)25)11-17(16)33(28,29)22-15-10-12(20(26)31-2)4-6-14(15)21(27)32-3/h4-7,10-11,22H,8-9H2,1-3H3. The fourth-order valence-corrected chi connectivity index (χ4v) is 4.50. The maximum Gasteiger partial charge on any atom is 0.339 e. The molecule has 1 saturated heterocycles. The lowest BCUT2D eigenvalue weighted by atomic mass is 10.1. The van der Waals surface area contributed by atoms with E-state index in [4.69, 9.17) is 4.74 Å². The Balaban J connectivity index is 2.10. The number of esters is 2. The number of imide groups is 1. The Morgan fingerprint density at radius 3 is 2.12 bits per heavy atom. The van der Waals surface area contributed by atoms with Crippen LogP contribution in [0.1, 0.15) is 33.6 Å². The number of methoxy groups -OCH3 is 3. The summed E-state index contributed by atoms with van der Waals surface area (Å²) < 4.78 is 43.3. The molecule has 0 bridgehead atoms. The van der Waals surface area contributed by atoms with Gasteiger partial charge in [-0.1, -0.05) is 0 Å². The largest absolute Gasteiger partial charge is 0.495 e. The number of carbonyl (C=O) groups excluding carboxylic acids is 4. The molecule has 33 heavy (non-hydrogen) atoms. The Morgan fingerprint density at radius 1 is 0.909 bits per heavy atom. The van der Waals surface area contributed by atoms with Gasteiger partial charge in [-0.25, -0.2) is 18.0 Å². The molecule has 0 aliphatic carbocycles. The molecule has 12 heteroatoms. The average Bonchev–Trinajstić information content (AvgIpc) is 3.15. The fourth-order valence-electron chi connectivity index (χ4n) is 3.24. The van der Waals surface area contributed by atoms with E-state index in [1.54, 1.807) is 0 Å². The molecule has 174 valence electrons. The van der Waals surface area contributed by atoms with Gasteiger partial charge >= 0.3 is 11.9 Å². The van der Waals surface area contributed by atoms with Crippen LogP contribution in [0, 0.1) is 0 Å². The first-order chi connectivity index (χ1) is 15.6. The zero-order chi connectivity index (χ0) is 24.3. The summed E-state index contributed by atoms with van der Waals surface area (Å²) in [5, 5.41) is 0. The molecule has 1 aliphatic rings. The second kappa shape index (κ2) is 9.28. The van der Waals surface area contributed by atoms with Gasteiger partial charge in [0.2, 0.25) is 11.8 Å². The Kier molecular flexibility index (Phi) is 6.68. The zero-order valence-corrected chi connectivity index (χ0v) is 18.7. The summed E-state index contributed by atoms with van der Waals surface area (Å²) in [6.07, 6.45) is 0.0437. The highest BCUT2D eigenvalue weighted by molar-refractivity contribution is 7.92. The van der Waals surface area contributed by atoms with Crippen LogP contribution in [-0.2, 0) is 29.1 Å². The predicted octanol–water partition coefficient (Wildman–Crippen LogP) is 1.72. The van der Waals surface area contributed by atoms with Crippen LogP contribution in [0.15, 0.2) is 41.3 Å². The second-order valence-corrected chi connectivity index (χ2v) is 8.46. The van der Waals surface area contributed by atoms with Crippen molar-refractivity contribution in [3.05, 3.63) is 47.5 Å². The van der Waals surface area contributed by atoms with Crippen molar-refractivity contribution in [2.24, 2.45) is 0 Å². The fraction of sp³-hybridized carbons (Fsp3) is 0.238. The van der Waals surface area contributed by atoms with Crippen molar-refractivity contribution >= 4 is 45.2 Å². The molecule has 0 aromatic heterocycles. The number of anilines is 2. The highest BCUT2D eigenvalue weighted by Gasteiger charge is 2.32. The number of hydrogen-bond acceptors (Lipinski definition) is 9. The van der Waals surface area contributed by atoms with Crippen LogP contribution in [-0.4, -0.2) is 53.5 Å². The number of nitrogens with one attached hydrogen (secondary N) is 1. The monoisotopic (exact) mass is 476 g/mol. The Morgan fingerprint density at radius 2 is 1.55 bits per heavy atom. The van der Waals surface area contributed by atoms with E-state index in [0.717, 1.165) is 31.3 Å². The van der Waals surface area contributed by atoms with Crippen molar-refractivity contribution in [2.45, 2.75) is 17.7 Å². The third-order valence-corrected chi connectivity index (χ3v) is 6.22. The quantitative estimate of drug-likeness (QED) is 0.466. The molecule has 11 nitrogen and oxygen atoms in total. The molecule has 0 saturated carbocycles. The minimum absolute atomic E-state index is 0.0168. The summed E-state index contributed by atoms with van der Waals surface area (Å²) in [5.41, 5.74) is -0.365. The first-order valence-corrected chi connectivity index (χ1v) is 11.0. The third kappa shape index (κ3) is 4.65. The zero-order valence-electron chi connectivity index (χ0n) is 17.9. The van der Waals surface area contributed by atoms with Crippen molar-refractivity contribution in [3.8, 4) is 5.75 Å². The average molecular weight is 476 g/mol. The van der Waals surface area contributed by atoms with Crippen LogP contribution in [0.4, 0.5) is 11.4 Å². The molecule has 0 radical (unpaired) electrons. The summed E-state index contributed by atoms with van der Waals surface area (Å²) in [7, 11) is -0.926. The van der Waals surface area contributed by atoms with Gasteiger partial charge in [-0.15, -0.1) is 0 Å². The molecule has 0 atom stereocenters. The Labute approximate surface area is 189 Å². The maximum absolute atomic E-state index is 13.3. The van der Waals surface area contributed by atoms with Crippen LogP contribution in [0.5, 0.6) is 5.75 Å². The lowest BCUT2D eigenvalue weighted by Crippen LogP contribution is -2.29. The van der Waals surface area contributed by atoms with E-state index in [9.17, 15) is 27.6 Å². The first-order valence-electron chi connectivity index (χ1n) is 9.50. The predicted molar refractivity (Wildman–Crippen MR) is 115 cm³/mol. The second-order valence-electron chi connectivity index (χ2n) is 6.81. The number of ether oxygens (including phenoxy) is 3. The lowest BCUT2D eigenvalue weighted by Gasteiger charge is -2.18. The summed E-state index contributed by atoms with van der Waals surface area (Å²) in [4.78, 5) is 48.7. The number of amides is 2. The summed E-state index contributed by atoms with van der Waals surface area (Å²) in [6, 6.07) is 7.42. The topological polar surface area (TPSA) is 145 Å². The molecule has 2 amide bonds. The van der Waals surface area contributed by atoms with Crippen molar-refractivity contribution in [1.82, 2.24) is 0 Å². The number of rotatable bonds is 7. The number of sulfonamides is 1. The summed E-state index contributed by atoms with van der Waals surface area (Å²) in [6.45, 7) is 0. The van der Waals surface area contributed by atoms with E-state index < -0.39 is 38.7 Å². The summed E-state index contributed by atoms with van der Waals surface area (Å²) in [5.74, 6) is -2.59. The van der Waals surface area contributed by atoms with Gasteiger partial charge < -0.3 is 14.2 Å². The van der Waals surface area contributed by atoms with E-state index in [1.165, 1.54) is 31.4 Å². The highest BCUT2D eigenvalue weighted by atomic mass is 32.2. The summed E-state index contributed by atoms with van der Waals surface area (Å²) >= 11 is 0. The van der Waals surface area contributed by atoms with Gasteiger partial charge in [0.15, 0.2) is 0 Å². The normalized spacial score (nSPS) is 13.6. The molecular weight excluding hydrogens is 456 g/mol. The Hall–Kier alpha value is -3.93. The van der Waals surface area contributed by atoms with E-state index in [1.807, 2.05) is 0 Å². The van der Waals surface area contributed by atoms with Crippen LogP contribution in [0.25, 0.3) is 0 Å². The lowest BCUT2D eigenvalue weighted by molar-refractivity contribution is -0.121. The smallest absolute Gasteiger partial charge is 0.339 e. The molecule has 1 N–H and O–H groups in total. The number of benzene rings is 2. The third-order valence-electron chi connectivity index (χ3n) is 4.84. The van der Waals surface area contributed by atoms with Crippen molar-refractivity contribution in [3.63, 3.8) is 0 Å². The number of nitrogens with zero attached hydrogens (tertiary/aromatic N) is 1.